The number of halogens is 1. The number of nitrogens with zero attached hydrogens (tertiary/aromatic N) is 3. The maximum Gasteiger partial charge on any atom is 0.327 e. The summed E-state index contributed by atoms with van der Waals surface area (Å²) in [5.41, 5.74) is 0.972. The Labute approximate surface area is 214 Å². The zero-order valence-electron chi connectivity index (χ0n) is 20.1. The first-order chi connectivity index (χ1) is 16.2. The van der Waals surface area contributed by atoms with Crippen LogP contribution in [0.5, 0.6) is 0 Å². The van der Waals surface area contributed by atoms with Crippen molar-refractivity contribution in [2.75, 3.05) is 24.5 Å². The van der Waals surface area contributed by atoms with E-state index in [4.69, 9.17) is 0 Å². The van der Waals surface area contributed by atoms with Gasteiger partial charge < -0.3 is 4.90 Å². The highest BCUT2D eigenvalue weighted by molar-refractivity contribution is 14.1. The molecular formula is C27H41IN4O. The van der Waals surface area contributed by atoms with E-state index < -0.39 is 0 Å². The second kappa shape index (κ2) is 14.8. The van der Waals surface area contributed by atoms with Gasteiger partial charge in [-0.1, -0.05) is 38.2 Å². The monoisotopic (exact) mass is 564 g/mol. The third kappa shape index (κ3) is 9.04. The largest absolute Gasteiger partial charge is 0.327 e. The minimum absolute atomic E-state index is 0.0589. The van der Waals surface area contributed by atoms with Crippen LogP contribution in [0.15, 0.2) is 41.9 Å². The van der Waals surface area contributed by atoms with Crippen LogP contribution < -0.4 is 10.2 Å². The molecular weight excluding hydrogens is 523 g/mol. The molecule has 3 rings (SSSR count). The van der Waals surface area contributed by atoms with Crippen molar-refractivity contribution < 1.29 is 4.79 Å². The van der Waals surface area contributed by atoms with Crippen LogP contribution in [0, 0.1) is 3.57 Å². The van der Waals surface area contributed by atoms with Gasteiger partial charge in [0.25, 0.3) is 0 Å². The Morgan fingerprint density at radius 3 is 2.45 bits per heavy atom. The van der Waals surface area contributed by atoms with E-state index in [2.05, 4.69) is 68.6 Å². The Bertz CT molecular complexity index is 737. The van der Waals surface area contributed by atoms with Crippen LogP contribution in [0.2, 0.25) is 0 Å². The first kappa shape index (κ1) is 26.2. The summed E-state index contributed by atoms with van der Waals surface area (Å²) in [6.45, 7) is 7.09. The number of aliphatic imine (C=N–C) groups is 1. The smallest absolute Gasteiger partial charge is 0.303 e. The standard InChI is InChI=1S/C27H41IN4O/c1-2-3-4-5-6-10-19-31-20-17-26(18-21-31)32(25-15-13-23(28)14-16-25)27(33)30-22-29-24-11-8-7-9-12-24/h2,13-16,22,24,26H,1,3-12,17-21H2,(H,29,30,33). The van der Waals surface area contributed by atoms with Crippen LogP contribution >= 0.6 is 22.6 Å². The van der Waals surface area contributed by atoms with Crippen LogP contribution in [-0.2, 0) is 0 Å². The third-order valence-corrected chi connectivity index (χ3v) is 7.65. The molecule has 5 nitrogen and oxygen atoms in total. The number of hydrogen-bond donors (Lipinski definition) is 1. The van der Waals surface area contributed by atoms with E-state index in [1.807, 2.05) is 11.0 Å². The van der Waals surface area contributed by atoms with Crippen molar-refractivity contribution >= 4 is 40.6 Å². The van der Waals surface area contributed by atoms with Gasteiger partial charge in [0.05, 0.1) is 12.4 Å². The highest BCUT2D eigenvalue weighted by Gasteiger charge is 2.29. The molecule has 1 N–H and O–H groups in total. The number of hydrogen-bond acceptors (Lipinski definition) is 3. The Morgan fingerprint density at radius 1 is 1.06 bits per heavy atom. The molecule has 1 aromatic carbocycles. The Morgan fingerprint density at radius 2 is 1.76 bits per heavy atom. The number of anilines is 1. The molecule has 1 aliphatic carbocycles. The number of unbranched alkanes of at least 4 members (excludes halogenated alkanes) is 4. The minimum atomic E-state index is -0.0589. The molecule has 33 heavy (non-hydrogen) atoms. The van der Waals surface area contributed by atoms with E-state index in [0.717, 1.165) is 50.9 Å². The summed E-state index contributed by atoms with van der Waals surface area (Å²) in [5, 5.41) is 2.98. The number of piperidine rings is 1. The number of allylic oxidation sites excluding steroid dienone is 1. The van der Waals surface area contributed by atoms with Crippen molar-refractivity contribution in [3.63, 3.8) is 0 Å². The van der Waals surface area contributed by atoms with Gasteiger partial charge in [0.15, 0.2) is 0 Å². The van der Waals surface area contributed by atoms with Crippen molar-refractivity contribution in [2.24, 2.45) is 4.99 Å². The predicted octanol–water partition coefficient (Wildman–Crippen LogP) is 6.77. The van der Waals surface area contributed by atoms with Gasteiger partial charge in [-0.05, 0) is 98.3 Å². The molecule has 0 unspecified atom stereocenters. The number of rotatable bonds is 11. The molecule has 6 heteroatoms. The van der Waals surface area contributed by atoms with E-state index in [-0.39, 0.29) is 12.1 Å². The van der Waals surface area contributed by atoms with Gasteiger partial charge in [0, 0.05) is 28.4 Å². The molecule has 1 saturated carbocycles. The van der Waals surface area contributed by atoms with E-state index in [1.165, 1.54) is 55.1 Å². The fourth-order valence-electron chi connectivity index (χ4n) is 4.97. The molecule has 1 aliphatic heterocycles. The van der Waals surface area contributed by atoms with Gasteiger partial charge in [-0.3, -0.25) is 15.2 Å². The fourth-order valence-corrected chi connectivity index (χ4v) is 5.33. The number of likely N-dealkylation sites (tertiary alicyclic amines) is 1. The zero-order valence-corrected chi connectivity index (χ0v) is 22.2. The molecule has 0 spiro atoms. The molecule has 0 atom stereocenters. The van der Waals surface area contributed by atoms with Gasteiger partial charge in [0.1, 0.15) is 0 Å². The summed E-state index contributed by atoms with van der Waals surface area (Å²) in [7, 11) is 0. The minimum Gasteiger partial charge on any atom is -0.303 e. The lowest BCUT2D eigenvalue weighted by atomic mass is 9.96. The second-order valence-electron chi connectivity index (χ2n) is 9.43. The van der Waals surface area contributed by atoms with Crippen LogP contribution in [-0.4, -0.2) is 49.0 Å². The SMILES string of the molecule is C=CCCCCCCN1CCC(N(C(=O)NC=NC2CCCCC2)c2ccc(I)cc2)CC1. The molecule has 0 radical (unpaired) electrons. The van der Waals surface area contributed by atoms with Crippen LogP contribution in [0.3, 0.4) is 0 Å². The zero-order chi connectivity index (χ0) is 23.3. The molecule has 1 heterocycles. The normalized spacial score (nSPS) is 18.5. The number of carbonyl (C=O) groups excluding carboxylic acids is 1. The number of benzene rings is 1. The van der Waals surface area contributed by atoms with Gasteiger partial charge in [-0.25, -0.2) is 4.79 Å². The maximum absolute atomic E-state index is 13.2. The lowest BCUT2D eigenvalue weighted by Gasteiger charge is -2.38. The third-order valence-electron chi connectivity index (χ3n) is 6.93. The summed E-state index contributed by atoms with van der Waals surface area (Å²) >= 11 is 2.31. The maximum atomic E-state index is 13.2. The fraction of sp³-hybridized carbons (Fsp3) is 0.630. The second-order valence-corrected chi connectivity index (χ2v) is 10.7. The summed E-state index contributed by atoms with van der Waals surface area (Å²) in [6, 6.07) is 8.81. The average Bonchev–Trinajstić information content (AvgIpc) is 2.84. The number of urea groups is 1. The van der Waals surface area contributed by atoms with Crippen LogP contribution in [0.1, 0.15) is 77.0 Å². The van der Waals surface area contributed by atoms with Gasteiger partial charge in [-0.15, -0.1) is 6.58 Å². The molecule has 0 aromatic heterocycles. The van der Waals surface area contributed by atoms with Crippen molar-refractivity contribution in [3.8, 4) is 0 Å². The highest BCUT2D eigenvalue weighted by atomic mass is 127. The quantitative estimate of drug-likeness (QED) is 0.106. The Balaban J connectivity index is 1.53. The van der Waals surface area contributed by atoms with Crippen molar-refractivity contribution in [3.05, 3.63) is 40.5 Å². The molecule has 2 fully saturated rings. The summed E-state index contributed by atoms with van der Waals surface area (Å²) in [5.74, 6) is 0. The van der Waals surface area contributed by atoms with Gasteiger partial charge in [0.2, 0.25) is 0 Å². The molecule has 2 aliphatic rings. The lowest BCUT2D eigenvalue weighted by Crippen LogP contribution is -2.51. The topological polar surface area (TPSA) is 47.9 Å². The molecule has 1 aromatic rings. The van der Waals surface area contributed by atoms with Crippen molar-refractivity contribution in [1.29, 1.82) is 0 Å². The van der Waals surface area contributed by atoms with Crippen molar-refractivity contribution in [2.45, 2.75) is 89.1 Å². The molecule has 1 saturated heterocycles. The molecule has 182 valence electrons. The lowest BCUT2D eigenvalue weighted by molar-refractivity contribution is 0.201. The first-order valence-electron chi connectivity index (χ1n) is 12.9. The first-order valence-corrected chi connectivity index (χ1v) is 14.0. The van der Waals surface area contributed by atoms with E-state index in [1.54, 1.807) is 6.34 Å². The van der Waals surface area contributed by atoms with E-state index >= 15 is 0 Å². The van der Waals surface area contributed by atoms with Crippen LogP contribution in [0.4, 0.5) is 10.5 Å². The number of carbonyl (C=O) groups is 1. The summed E-state index contributed by atoms with van der Waals surface area (Å²) in [4.78, 5) is 22.4. The van der Waals surface area contributed by atoms with E-state index in [0.29, 0.717) is 6.04 Å². The van der Waals surface area contributed by atoms with Gasteiger partial charge in [-0.2, -0.15) is 0 Å². The average molecular weight is 565 g/mol. The highest BCUT2D eigenvalue weighted by Crippen LogP contribution is 2.25. The van der Waals surface area contributed by atoms with Gasteiger partial charge >= 0.3 is 6.03 Å². The molecule has 2 amide bonds. The number of nitrogens with one attached hydrogen (secondary N) is 1. The van der Waals surface area contributed by atoms with Crippen LogP contribution in [0.25, 0.3) is 0 Å². The van der Waals surface area contributed by atoms with Crippen molar-refractivity contribution in [1.82, 2.24) is 10.2 Å². The number of amides is 2. The summed E-state index contributed by atoms with van der Waals surface area (Å²) in [6.07, 6.45) is 18.0. The Hall–Kier alpha value is -1.41. The molecule has 0 bridgehead atoms. The van der Waals surface area contributed by atoms with E-state index in [9.17, 15) is 4.79 Å². The summed E-state index contributed by atoms with van der Waals surface area (Å²) < 4.78 is 1.18. The predicted molar refractivity (Wildman–Crippen MR) is 148 cm³/mol. The Kier molecular flexibility index (Phi) is 11.7.